The Morgan fingerprint density at radius 1 is 1.22 bits per heavy atom. The summed E-state index contributed by atoms with van der Waals surface area (Å²) in [4.78, 5) is 18.8. The normalized spacial score (nSPS) is 16.7. The van der Waals surface area contributed by atoms with Crippen molar-refractivity contribution in [2.75, 3.05) is 18.1 Å². The second-order valence-corrected chi connectivity index (χ2v) is 6.66. The molecule has 6 nitrogen and oxygen atoms in total. The van der Waals surface area contributed by atoms with Gasteiger partial charge in [-0.25, -0.2) is 0 Å². The van der Waals surface area contributed by atoms with Crippen LogP contribution >= 0.6 is 0 Å². The zero-order chi connectivity index (χ0) is 18.8. The molecule has 0 bridgehead atoms. The van der Waals surface area contributed by atoms with Crippen molar-refractivity contribution in [2.24, 2.45) is 0 Å². The van der Waals surface area contributed by atoms with Gasteiger partial charge in [-0.1, -0.05) is 29.4 Å². The summed E-state index contributed by atoms with van der Waals surface area (Å²) in [6, 6.07) is 15.5. The highest BCUT2D eigenvalue weighted by Crippen LogP contribution is 2.32. The summed E-state index contributed by atoms with van der Waals surface area (Å²) in [6.07, 6.45) is 0.370. The Labute approximate surface area is 157 Å². The van der Waals surface area contributed by atoms with Crippen molar-refractivity contribution in [3.63, 3.8) is 0 Å². The van der Waals surface area contributed by atoms with Crippen LogP contribution in [0.5, 0.6) is 5.75 Å². The van der Waals surface area contributed by atoms with E-state index in [1.165, 1.54) is 0 Å². The van der Waals surface area contributed by atoms with Crippen molar-refractivity contribution >= 4 is 11.6 Å². The van der Waals surface area contributed by atoms with E-state index >= 15 is 0 Å². The van der Waals surface area contributed by atoms with Crippen LogP contribution in [0.4, 0.5) is 5.69 Å². The van der Waals surface area contributed by atoms with Crippen molar-refractivity contribution in [2.45, 2.75) is 26.2 Å². The van der Waals surface area contributed by atoms with E-state index in [2.05, 4.69) is 10.1 Å². The van der Waals surface area contributed by atoms with E-state index in [9.17, 15) is 4.79 Å². The first-order valence-electron chi connectivity index (χ1n) is 9.08. The Hall–Kier alpha value is -3.15. The zero-order valence-corrected chi connectivity index (χ0v) is 15.4. The van der Waals surface area contributed by atoms with E-state index in [0.29, 0.717) is 31.3 Å². The van der Waals surface area contributed by atoms with E-state index in [0.717, 1.165) is 22.6 Å². The lowest BCUT2D eigenvalue weighted by atomic mass is 10.1. The van der Waals surface area contributed by atoms with E-state index < -0.39 is 0 Å². The van der Waals surface area contributed by atoms with Gasteiger partial charge >= 0.3 is 0 Å². The molecule has 3 aromatic rings. The number of aromatic nitrogens is 2. The fourth-order valence-electron chi connectivity index (χ4n) is 3.33. The standard InChI is InChI=1S/C21H21N3O3/c1-3-26-18-9-5-7-15(11-18)20-22-21(27-23-20)16-12-19(25)24(13-16)17-8-4-6-14(2)10-17/h4-11,16H,3,12-13H2,1-2H3. The third-order valence-corrected chi connectivity index (χ3v) is 4.63. The van der Waals surface area contributed by atoms with Crippen molar-refractivity contribution in [3.05, 3.63) is 60.0 Å². The summed E-state index contributed by atoms with van der Waals surface area (Å²) in [5, 5.41) is 4.10. The Morgan fingerprint density at radius 2 is 2.07 bits per heavy atom. The first kappa shape index (κ1) is 17.3. The van der Waals surface area contributed by atoms with Crippen molar-refractivity contribution < 1.29 is 14.1 Å². The molecule has 0 saturated carbocycles. The monoisotopic (exact) mass is 363 g/mol. The molecular weight excluding hydrogens is 342 g/mol. The summed E-state index contributed by atoms with van der Waals surface area (Å²) in [5.41, 5.74) is 2.86. The highest BCUT2D eigenvalue weighted by atomic mass is 16.5. The van der Waals surface area contributed by atoms with Crippen LogP contribution in [0.3, 0.4) is 0 Å². The number of carbonyl (C=O) groups excluding carboxylic acids is 1. The van der Waals surface area contributed by atoms with Gasteiger partial charge in [0.05, 0.1) is 12.5 Å². The molecule has 1 aliphatic heterocycles. The Morgan fingerprint density at radius 3 is 2.89 bits per heavy atom. The molecule has 0 aliphatic carbocycles. The molecule has 0 N–H and O–H groups in total. The first-order valence-corrected chi connectivity index (χ1v) is 9.08. The van der Waals surface area contributed by atoms with Gasteiger partial charge in [0.15, 0.2) is 0 Å². The minimum absolute atomic E-state index is 0.0729. The van der Waals surface area contributed by atoms with E-state index in [-0.39, 0.29) is 11.8 Å². The molecule has 2 aromatic carbocycles. The number of ether oxygens (including phenoxy) is 1. The quantitative estimate of drug-likeness (QED) is 0.686. The lowest BCUT2D eigenvalue weighted by molar-refractivity contribution is -0.117. The van der Waals surface area contributed by atoms with Gasteiger partial charge < -0.3 is 14.2 Å². The van der Waals surface area contributed by atoms with Gasteiger partial charge in [-0.3, -0.25) is 4.79 Å². The van der Waals surface area contributed by atoms with Crippen LogP contribution in [-0.2, 0) is 4.79 Å². The molecule has 0 spiro atoms. The number of anilines is 1. The topological polar surface area (TPSA) is 68.5 Å². The smallest absolute Gasteiger partial charge is 0.232 e. The van der Waals surface area contributed by atoms with Gasteiger partial charge in [0.2, 0.25) is 17.6 Å². The number of amides is 1. The highest BCUT2D eigenvalue weighted by molar-refractivity contribution is 5.96. The molecule has 4 rings (SSSR count). The van der Waals surface area contributed by atoms with Gasteiger partial charge in [-0.05, 0) is 43.7 Å². The van der Waals surface area contributed by atoms with Crippen molar-refractivity contribution in [1.82, 2.24) is 10.1 Å². The molecule has 2 heterocycles. The van der Waals surface area contributed by atoms with Crippen LogP contribution < -0.4 is 9.64 Å². The van der Waals surface area contributed by atoms with E-state index in [4.69, 9.17) is 9.26 Å². The average Bonchev–Trinajstić information content (AvgIpc) is 3.29. The van der Waals surface area contributed by atoms with Gasteiger partial charge in [0.1, 0.15) is 5.75 Å². The summed E-state index contributed by atoms with van der Waals surface area (Å²) in [5.74, 6) is 1.74. The van der Waals surface area contributed by atoms with Crippen LogP contribution in [0.15, 0.2) is 53.1 Å². The first-order chi connectivity index (χ1) is 13.1. The summed E-state index contributed by atoms with van der Waals surface area (Å²) in [6.45, 7) is 5.10. The van der Waals surface area contributed by atoms with Crippen LogP contribution in [0.25, 0.3) is 11.4 Å². The summed E-state index contributed by atoms with van der Waals surface area (Å²) >= 11 is 0. The molecule has 1 saturated heterocycles. The van der Waals surface area contributed by atoms with Crippen LogP contribution in [0.2, 0.25) is 0 Å². The zero-order valence-electron chi connectivity index (χ0n) is 15.4. The number of hydrogen-bond donors (Lipinski definition) is 0. The van der Waals surface area contributed by atoms with Gasteiger partial charge in [-0.15, -0.1) is 0 Å². The molecule has 1 aliphatic rings. The predicted octanol–water partition coefficient (Wildman–Crippen LogP) is 3.96. The second kappa shape index (κ2) is 7.23. The van der Waals surface area contributed by atoms with E-state index in [1.807, 2.05) is 62.4 Å². The molecular formula is C21H21N3O3. The number of aryl methyl sites for hydroxylation is 1. The Bertz CT molecular complexity index is 967. The lowest BCUT2D eigenvalue weighted by Gasteiger charge is -2.16. The highest BCUT2D eigenvalue weighted by Gasteiger charge is 2.35. The molecule has 1 amide bonds. The second-order valence-electron chi connectivity index (χ2n) is 6.66. The van der Waals surface area contributed by atoms with Gasteiger partial charge in [0, 0.05) is 24.2 Å². The molecule has 0 radical (unpaired) electrons. The maximum absolute atomic E-state index is 12.5. The summed E-state index contributed by atoms with van der Waals surface area (Å²) < 4.78 is 11.0. The SMILES string of the molecule is CCOc1cccc(-c2noc(C3CC(=O)N(c4cccc(C)c4)C3)n2)c1. The van der Waals surface area contributed by atoms with Crippen LogP contribution in [-0.4, -0.2) is 29.2 Å². The Balaban J connectivity index is 1.54. The fourth-order valence-corrected chi connectivity index (χ4v) is 3.33. The molecule has 1 unspecified atom stereocenters. The third kappa shape index (κ3) is 3.56. The fraction of sp³-hybridized carbons (Fsp3) is 0.286. The third-order valence-electron chi connectivity index (χ3n) is 4.63. The molecule has 138 valence electrons. The van der Waals surface area contributed by atoms with Crippen LogP contribution in [0.1, 0.15) is 30.7 Å². The molecule has 1 fully saturated rings. The maximum Gasteiger partial charge on any atom is 0.232 e. The summed E-state index contributed by atoms with van der Waals surface area (Å²) in [7, 11) is 0. The lowest BCUT2D eigenvalue weighted by Crippen LogP contribution is -2.24. The van der Waals surface area contributed by atoms with Gasteiger partial charge in [-0.2, -0.15) is 4.98 Å². The van der Waals surface area contributed by atoms with E-state index in [1.54, 1.807) is 4.90 Å². The predicted molar refractivity (Wildman–Crippen MR) is 102 cm³/mol. The largest absolute Gasteiger partial charge is 0.494 e. The van der Waals surface area contributed by atoms with Crippen molar-refractivity contribution in [3.8, 4) is 17.1 Å². The number of carbonyl (C=O) groups is 1. The number of hydrogen-bond acceptors (Lipinski definition) is 5. The number of rotatable bonds is 5. The number of nitrogens with zero attached hydrogens (tertiary/aromatic N) is 3. The maximum atomic E-state index is 12.5. The average molecular weight is 363 g/mol. The molecule has 27 heavy (non-hydrogen) atoms. The van der Waals surface area contributed by atoms with Crippen molar-refractivity contribution in [1.29, 1.82) is 0 Å². The number of benzene rings is 2. The van der Waals surface area contributed by atoms with Gasteiger partial charge in [0.25, 0.3) is 0 Å². The molecule has 1 aromatic heterocycles. The van der Waals surface area contributed by atoms with Crippen LogP contribution in [0, 0.1) is 6.92 Å². The minimum Gasteiger partial charge on any atom is -0.494 e. The molecule has 1 atom stereocenters. The minimum atomic E-state index is -0.102. The molecule has 6 heteroatoms. The Kier molecular flexibility index (Phi) is 4.62.